The lowest BCUT2D eigenvalue weighted by molar-refractivity contribution is -0.117. The van der Waals surface area contributed by atoms with Gasteiger partial charge in [-0.3, -0.25) is 14.4 Å². The van der Waals surface area contributed by atoms with Crippen LogP contribution < -0.4 is 25.4 Å². The standard InChI is InChI=1S/C32H37N11O3/c1-18-14-34-31(37-25-12-19(2)42(3)41-25)40-29(18)23-15-33-30-22(23)6-5-7-24(30)36-26(44)17-43-11-10-21(16-43)46-28-13-27(45-4)38-32(39-28)35-20-8-9-20/h5-7,12-15,20-21,33H,8-11,16-17H2,1-4H3,(H,36,44)(H,35,38,39)(H,34,37,40,41)/t21-/m0/s1. The molecule has 1 atom stereocenters. The number of aromatic nitrogens is 7. The number of ether oxygens (including phenoxy) is 2. The van der Waals surface area contributed by atoms with E-state index in [1.807, 2.05) is 51.4 Å². The highest BCUT2D eigenvalue weighted by Gasteiger charge is 2.27. The van der Waals surface area contributed by atoms with E-state index in [-0.39, 0.29) is 18.6 Å². The van der Waals surface area contributed by atoms with E-state index in [2.05, 4.69) is 45.9 Å². The first-order chi connectivity index (χ1) is 22.3. The van der Waals surface area contributed by atoms with Crippen LogP contribution in [-0.4, -0.2) is 84.4 Å². The zero-order chi connectivity index (χ0) is 31.8. The minimum Gasteiger partial charge on any atom is -0.481 e. The molecule has 0 bridgehead atoms. The summed E-state index contributed by atoms with van der Waals surface area (Å²) in [6.45, 7) is 5.57. The number of nitrogens with one attached hydrogen (secondary N) is 4. The third-order valence-corrected chi connectivity index (χ3v) is 8.25. The molecule has 1 saturated heterocycles. The number of carbonyl (C=O) groups is 1. The minimum absolute atomic E-state index is 0.0900. The van der Waals surface area contributed by atoms with E-state index in [0.29, 0.717) is 47.7 Å². The molecule has 5 aromatic rings. The quantitative estimate of drug-likeness (QED) is 0.167. The molecule has 1 saturated carbocycles. The topological polar surface area (TPSA) is 160 Å². The second kappa shape index (κ2) is 12.3. The molecule has 1 aliphatic carbocycles. The zero-order valence-corrected chi connectivity index (χ0v) is 26.3. The summed E-state index contributed by atoms with van der Waals surface area (Å²) in [5.41, 5.74) is 5.20. The van der Waals surface area contributed by atoms with Crippen molar-refractivity contribution in [2.45, 2.75) is 45.3 Å². The predicted octanol–water partition coefficient (Wildman–Crippen LogP) is 4.18. The average molecular weight is 624 g/mol. The summed E-state index contributed by atoms with van der Waals surface area (Å²) in [5, 5.41) is 15.0. The molecule has 46 heavy (non-hydrogen) atoms. The lowest BCUT2D eigenvalue weighted by atomic mass is 10.1. The highest BCUT2D eigenvalue weighted by molar-refractivity contribution is 6.06. The zero-order valence-electron chi connectivity index (χ0n) is 26.3. The normalized spacial score (nSPS) is 16.5. The predicted molar refractivity (Wildman–Crippen MR) is 175 cm³/mol. The maximum atomic E-state index is 13.2. The van der Waals surface area contributed by atoms with Gasteiger partial charge in [0.15, 0.2) is 5.82 Å². The van der Waals surface area contributed by atoms with Gasteiger partial charge < -0.3 is 30.4 Å². The summed E-state index contributed by atoms with van der Waals surface area (Å²) in [7, 11) is 3.47. The molecule has 14 nitrogen and oxygen atoms in total. The number of carbonyl (C=O) groups excluding carboxylic acids is 1. The smallest absolute Gasteiger partial charge is 0.238 e. The number of aryl methyl sites for hydroxylation is 3. The van der Waals surface area contributed by atoms with Crippen LogP contribution >= 0.6 is 0 Å². The number of anilines is 4. The molecule has 2 fully saturated rings. The largest absolute Gasteiger partial charge is 0.481 e. The molecule has 1 aromatic carbocycles. The Morgan fingerprint density at radius 1 is 1.09 bits per heavy atom. The van der Waals surface area contributed by atoms with Gasteiger partial charge in [-0.2, -0.15) is 15.1 Å². The number of rotatable bonds is 11. The fourth-order valence-electron chi connectivity index (χ4n) is 5.61. The van der Waals surface area contributed by atoms with Gasteiger partial charge in [-0.05, 0) is 44.7 Å². The van der Waals surface area contributed by atoms with Gasteiger partial charge in [-0.25, -0.2) is 9.97 Å². The summed E-state index contributed by atoms with van der Waals surface area (Å²) in [5.74, 6) is 2.47. The number of methoxy groups -OCH3 is 1. The second-order valence-electron chi connectivity index (χ2n) is 11.9. The molecule has 0 unspecified atom stereocenters. The molecule has 1 aliphatic heterocycles. The maximum Gasteiger partial charge on any atom is 0.238 e. The Hall–Kier alpha value is -5.24. The molecule has 4 aromatic heterocycles. The Balaban J connectivity index is 1.00. The minimum atomic E-state index is -0.0979. The highest BCUT2D eigenvalue weighted by Crippen LogP contribution is 2.34. The number of H-pyrrole nitrogens is 1. The monoisotopic (exact) mass is 623 g/mol. The van der Waals surface area contributed by atoms with E-state index < -0.39 is 0 Å². The van der Waals surface area contributed by atoms with Crippen molar-refractivity contribution in [2.24, 2.45) is 7.05 Å². The molecule has 238 valence electrons. The Kier molecular flexibility index (Phi) is 7.86. The number of fused-ring (bicyclic) bond motifs is 1. The number of aromatic amines is 1. The first kappa shape index (κ1) is 29.5. The third kappa shape index (κ3) is 6.42. The number of nitrogens with zero attached hydrogens (tertiary/aromatic N) is 7. The van der Waals surface area contributed by atoms with Crippen molar-refractivity contribution in [3.05, 3.63) is 54.0 Å². The molecule has 2 aliphatic rings. The number of likely N-dealkylation sites (tertiary alicyclic amines) is 1. The Morgan fingerprint density at radius 3 is 2.72 bits per heavy atom. The van der Waals surface area contributed by atoms with Gasteiger partial charge in [0.25, 0.3) is 0 Å². The van der Waals surface area contributed by atoms with Crippen LogP contribution in [0, 0.1) is 13.8 Å². The van der Waals surface area contributed by atoms with Gasteiger partial charge >= 0.3 is 0 Å². The Labute approximate surface area is 266 Å². The summed E-state index contributed by atoms with van der Waals surface area (Å²) in [6, 6.07) is 9.90. The van der Waals surface area contributed by atoms with Crippen LogP contribution in [0.15, 0.2) is 42.7 Å². The van der Waals surface area contributed by atoms with E-state index in [1.165, 1.54) is 0 Å². The molecular weight excluding hydrogens is 586 g/mol. The van der Waals surface area contributed by atoms with E-state index in [0.717, 1.165) is 59.2 Å². The lowest BCUT2D eigenvalue weighted by Crippen LogP contribution is -2.33. The fourth-order valence-corrected chi connectivity index (χ4v) is 5.61. The number of hydrogen-bond donors (Lipinski definition) is 4. The number of hydrogen-bond acceptors (Lipinski definition) is 11. The maximum absolute atomic E-state index is 13.2. The molecule has 0 radical (unpaired) electrons. The SMILES string of the molecule is COc1cc(O[C@H]2CCN(CC(=O)Nc3cccc4c(-c5nc(Nc6cc(C)n(C)n6)ncc5C)c[nH]c34)C2)nc(NC2CC2)n1. The number of amides is 1. The van der Waals surface area contributed by atoms with Crippen molar-refractivity contribution in [3.63, 3.8) is 0 Å². The summed E-state index contributed by atoms with van der Waals surface area (Å²) < 4.78 is 13.3. The van der Waals surface area contributed by atoms with Crippen molar-refractivity contribution < 1.29 is 14.3 Å². The van der Waals surface area contributed by atoms with Gasteiger partial charge in [0.05, 0.1) is 36.6 Å². The van der Waals surface area contributed by atoms with Crippen LogP contribution in [0.4, 0.5) is 23.4 Å². The first-order valence-electron chi connectivity index (χ1n) is 15.4. The Morgan fingerprint density at radius 2 is 1.93 bits per heavy atom. The third-order valence-electron chi connectivity index (χ3n) is 8.25. The van der Waals surface area contributed by atoms with Crippen molar-refractivity contribution in [1.82, 2.24) is 39.6 Å². The summed E-state index contributed by atoms with van der Waals surface area (Å²) in [4.78, 5) is 36.8. The molecule has 14 heteroatoms. The molecule has 1 amide bonds. The van der Waals surface area contributed by atoms with Crippen molar-refractivity contribution in [2.75, 3.05) is 42.7 Å². The van der Waals surface area contributed by atoms with E-state index >= 15 is 0 Å². The van der Waals surface area contributed by atoms with Gasteiger partial charge in [0.2, 0.25) is 29.6 Å². The van der Waals surface area contributed by atoms with Crippen LogP contribution in [-0.2, 0) is 11.8 Å². The van der Waals surface area contributed by atoms with Gasteiger partial charge in [-0.15, -0.1) is 0 Å². The first-order valence-corrected chi connectivity index (χ1v) is 15.4. The highest BCUT2D eigenvalue weighted by atomic mass is 16.5. The lowest BCUT2D eigenvalue weighted by Gasteiger charge is -2.17. The molecule has 7 rings (SSSR count). The number of para-hydroxylation sites is 1. The molecule has 0 spiro atoms. The summed E-state index contributed by atoms with van der Waals surface area (Å²) >= 11 is 0. The van der Waals surface area contributed by atoms with Crippen LogP contribution in [0.25, 0.3) is 22.2 Å². The van der Waals surface area contributed by atoms with Crippen molar-refractivity contribution in [1.29, 1.82) is 0 Å². The fraction of sp³-hybridized carbons (Fsp3) is 0.375. The van der Waals surface area contributed by atoms with Crippen LogP contribution in [0.2, 0.25) is 0 Å². The second-order valence-corrected chi connectivity index (χ2v) is 11.9. The van der Waals surface area contributed by atoms with Crippen LogP contribution in [0.1, 0.15) is 30.5 Å². The molecule has 5 heterocycles. The van der Waals surface area contributed by atoms with E-state index in [1.54, 1.807) is 24.1 Å². The molecular formula is C32H37N11O3. The summed E-state index contributed by atoms with van der Waals surface area (Å²) in [6.07, 6.45) is 6.64. The average Bonchev–Trinajstić information content (AvgIpc) is 3.41. The van der Waals surface area contributed by atoms with Gasteiger partial charge in [0.1, 0.15) is 6.10 Å². The molecule has 4 N–H and O–H groups in total. The van der Waals surface area contributed by atoms with E-state index in [4.69, 9.17) is 14.5 Å². The van der Waals surface area contributed by atoms with Gasteiger partial charge in [0, 0.05) is 61.3 Å². The van der Waals surface area contributed by atoms with Crippen molar-refractivity contribution in [3.8, 4) is 23.0 Å². The van der Waals surface area contributed by atoms with E-state index in [9.17, 15) is 4.79 Å². The number of benzene rings is 1. The van der Waals surface area contributed by atoms with Crippen LogP contribution in [0.3, 0.4) is 0 Å². The Bertz CT molecular complexity index is 1880. The van der Waals surface area contributed by atoms with Gasteiger partial charge in [-0.1, -0.05) is 12.1 Å². The van der Waals surface area contributed by atoms with Crippen LogP contribution in [0.5, 0.6) is 11.8 Å². The van der Waals surface area contributed by atoms with Crippen molar-refractivity contribution >= 4 is 40.2 Å².